The van der Waals surface area contributed by atoms with E-state index in [1.165, 1.54) is 64.5 Å². The molecule has 88 valence electrons. The van der Waals surface area contributed by atoms with E-state index in [1.54, 1.807) is 0 Å². The van der Waals surface area contributed by atoms with E-state index >= 15 is 0 Å². The smallest absolute Gasteiger partial charge is 0.0166 e. The van der Waals surface area contributed by atoms with Crippen LogP contribution in [0.5, 0.6) is 0 Å². The van der Waals surface area contributed by atoms with Gasteiger partial charge in [0.05, 0.1) is 0 Å². The first-order valence-electron chi connectivity index (χ1n) is 6.76. The quantitative estimate of drug-likeness (QED) is 0.772. The van der Waals surface area contributed by atoms with Crippen molar-refractivity contribution in [3.05, 3.63) is 0 Å². The van der Waals surface area contributed by atoms with Crippen molar-refractivity contribution in [2.45, 2.75) is 69.9 Å². The molecule has 1 unspecified atom stereocenters. The van der Waals surface area contributed by atoms with E-state index in [2.05, 4.69) is 11.8 Å². The van der Waals surface area contributed by atoms with Crippen molar-refractivity contribution in [2.75, 3.05) is 13.1 Å². The molecule has 1 saturated carbocycles. The molecule has 1 aliphatic heterocycles. The Hall–Kier alpha value is -0.0800. The van der Waals surface area contributed by atoms with Crippen LogP contribution in [0, 0.1) is 0 Å². The summed E-state index contributed by atoms with van der Waals surface area (Å²) in [7, 11) is 0. The van der Waals surface area contributed by atoms with Gasteiger partial charge in [0.15, 0.2) is 0 Å². The first kappa shape index (κ1) is 11.4. The van der Waals surface area contributed by atoms with Crippen molar-refractivity contribution in [1.29, 1.82) is 0 Å². The Bertz CT molecular complexity index is 197. The van der Waals surface area contributed by atoms with Crippen molar-refractivity contribution < 1.29 is 0 Å². The van der Waals surface area contributed by atoms with Gasteiger partial charge in [-0.1, -0.05) is 19.8 Å². The Labute approximate surface area is 94.2 Å². The molecule has 0 radical (unpaired) electrons. The third-order valence-corrected chi connectivity index (χ3v) is 4.47. The molecule has 0 aromatic rings. The van der Waals surface area contributed by atoms with Gasteiger partial charge < -0.3 is 10.6 Å². The predicted octanol–water partition coefficient (Wildman–Crippen LogP) is 2.52. The molecule has 1 atom stereocenters. The van der Waals surface area contributed by atoms with E-state index in [9.17, 15) is 0 Å². The van der Waals surface area contributed by atoms with E-state index in [0.717, 1.165) is 6.04 Å². The van der Waals surface area contributed by atoms with E-state index in [1.807, 2.05) is 0 Å². The summed E-state index contributed by atoms with van der Waals surface area (Å²) in [6.07, 6.45) is 10.6. The van der Waals surface area contributed by atoms with Crippen molar-refractivity contribution in [3.63, 3.8) is 0 Å². The maximum absolute atomic E-state index is 6.40. The second-order valence-electron chi connectivity index (χ2n) is 5.56. The van der Waals surface area contributed by atoms with Gasteiger partial charge in [-0.05, 0) is 45.1 Å². The van der Waals surface area contributed by atoms with Crippen molar-refractivity contribution in [3.8, 4) is 0 Å². The summed E-state index contributed by atoms with van der Waals surface area (Å²) in [5, 5.41) is 0. The molecule has 2 nitrogen and oxygen atoms in total. The van der Waals surface area contributed by atoms with Crippen LogP contribution < -0.4 is 5.73 Å². The molecule has 0 aromatic carbocycles. The van der Waals surface area contributed by atoms with Gasteiger partial charge in [0.25, 0.3) is 0 Å². The van der Waals surface area contributed by atoms with Crippen LogP contribution in [-0.2, 0) is 0 Å². The van der Waals surface area contributed by atoms with Crippen LogP contribution in [0.3, 0.4) is 0 Å². The fourth-order valence-electron chi connectivity index (χ4n) is 3.35. The minimum absolute atomic E-state index is 0.195. The molecule has 0 aromatic heterocycles. The summed E-state index contributed by atoms with van der Waals surface area (Å²) in [5.41, 5.74) is 6.59. The van der Waals surface area contributed by atoms with Crippen LogP contribution in [0.25, 0.3) is 0 Å². The van der Waals surface area contributed by atoms with Gasteiger partial charge in [-0.15, -0.1) is 0 Å². The monoisotopic (exact) mass is 210 g/mol. The fourth-order valence-corrected chi connectivity index (χ4v) is 3.35. The summed E-state index contributed by atoms with van der Waals surface area (Å²) < 4.78 is 0. The molecule has 2 heteroatoms. The molecule has 0 amide bonds. The fraction of sp³-hybridized carbons (Fsp3) is 1.00. The Balaban J connectivity index is 1.77. The number of hydrogen-bond acceptors (Lipinski definition) is 2. The maximum atomic E-state index is 6.40. The van der Waals surface area contributed by atoms with Gasteiger partial charge >= 0.3 is 0 Å². The highest BCUT2D eigenvalue weighted by Gasteiger charge is 2.31. The van der Waals surface area contributed by atoms with Crippen LogP contribution in [0.2, 0.25) is 0 Å². The van der Waals surface area contributed by atoms with E-state index in [-0.39, 0.29) is 5.54 Å². The average Bonchev–Trinajstić information content (AvgIpc) is 2.84. The average molecular weight is 210 g/mol. The lowest BCUT2D eigenvalue weighted by Crippen LogP contribution is -2.41. The van der Waals surface area contributed by atoms with E-state index < -0.39 is 0 Å². The lowest BCUT2D eigenvalue weighted by molar-refractivity contribution is 0.219. The third-order valence-electron chi connectivity index (χ3n) is 4.47. The molecule has 15 heavy (non-hydrogen) atoms. The lowest BCUT2D eigenvalue weighted by Gasteiger charge is -2.29. The van der Waals surface area contributed by atoms with Crippen molar-refractivity contribution in [2.24, 2.45) is 5.73 Å². The summed E-state index contributed by atoms with van der Waals surface area (Å²) in [6, 6.07) is 0.856. The normalized spacial score (nSPS) is 31.2. The topological polar surface area (TPSA) is 29.3 Å². The molecular formula is C13H26N2. The summed E-state index contributed by atoms with van der Waals surface area (Å²) >= 11 is 0. The molecule has 2 N–H and O–H groups in total. The molecule has 0 spiro atoms. The van der Waals surface area contributed by atoms with Gasteiger partial charge in [0.2, 0.25) is 0 Å². The van der Waals surface area contributed by atoms with Gasteiger partial charge in [-0.3, -0.25) is 0 Å². The number of likely N-dealkylation sites (tertiary alicyclic amines) is 1. The minimum atomic E-state index is 0.195. The first-order chi connectivity index (χ1) is 7.23. The zero-order valence-electron chi connectivity index (χ0n) is 10.2. The van der Waals surface area contributed by atoms with Crippen LogP contribution in [0.1, 0.15) is 58.3 Å². The largest absolute Gasteiger partial charge is 0.325 e. The van der Waals surface area contributed by atoms with Gasteiger partial charge in [-0.25, -0.2) is 0 Å². The van der Waals surface area contributed by atoms with Crippen LogP contribution in [0.15, 0.2) is 0 Å². The maximum Gasteiger partial charge on any atom is 0.0166 e. The van der Waals surface area contributed by atoms with Crippen LogP contribution in [-0.4, -0.2) is 29.6 Å². The summed E-state index contributed by atoms with van der Waals surface area (Å²) in [5.74, 6) is 0. The molecule has 0 bridgehead atoms. The zero-order chi connectivity index (χ0) is 10.7. The predicted molar refractivity (Wildman–Crippen MR) is 64.9 cm³/mol. The van der Waals surface area contributed by atoms with Gasteiger partial charge in [-0.2, -0.15) is 0 Å². The molecule has 2 rings (SSSR count). The Morgan fingerprint density at radius 2 is 2.00 bits per heavy atom. The van der Waals surface area contributed by atoms with Gasteiger partial charge in [0.1, 0.15) is 0 Å². The zero-order valence-corrected chi connectivity index (χ0v) is 10.2. The molecule has 1 saturated heterocycles. The molecule has 2 aliphatic rings. The van der Waals surface area contributed by atoms with Crippen LogP contribution in [0.4, 0.5) is 0 Å². The first-order valence-corrected chi connectivity index (χ1v) is 6.76. The SMILES string of the molecule is CCC1CCCN1CCC1(N)CCCC1. The van der Waals surface area contributed by atoms with Crippen LogP contribution >= 0.6 is 0 Å². The standard InChI is InChI=1S/C13H26N2/c1-2-12-6-5-10-15(12)11-9-13(14)7-3-4-8-13/h12H,2-11,14H2,1H3. The second-order valence-corrected chi connectivity index (χ2v) is 5.56. The van der Waals surface area contributed by atoms with Crippen molar-refractivity contribution in [1.82, 2.24) is 4.90 Å². The Kier molecular flexibility index (Phi) is 3.68. The molecular weight excluding hydrogens is 184 g/mol. The number of nitrogens with zero attached hydrogens (tertiary/aromatic N) is 1. The third kappa shape index (κ3) is 2.73. The highest BCUT2D eigenvalue weighted by molar-refractivity contribution is 4.91. The van der Waals surface area contributed by atoms with E-state index in [4.69, 9.17) is 5.73 Å². The lowest BCUT2D eigenvalue weighted by atomic mass is 9.94. The van der Waals surface area contributed by atoms with Gasteiger partial charge in [0, 0.05) is 18.1 Å². The molecule has 2 fully saturated rings. The van der Waals surface area contributed by atoms with Crippen molar-refractivity contribution >= 4 is 0 Å². The number of nitrogens with two attached hydrogens (primary N) is 1. The number of hydrogen-bond donors (Lipinski definition) is 1. The Morgan fingerprint density at radius 3 is 2.67 bits per heavy atom. The highest BCUT2D eigenvalue weighted by atomic mass is 15.2. The summed E-state index contributed by atoms with van der Waals surface area (Å²) in [6.45, 7) is 4.88. The Morgan fingerprint density at radius 1 is 1.27 bits per heavy atom. The second kappa shape index (κ2) is 4.84. The summed E-state index contributed by atoms with van der Waals surface area (Å²) in [4.78, 5) is 2.67. The molecule has 1 heterocycles. The minimum Gasteiger partial charge on any atom is -0.325 e. The highest BCUT2D eigenvalue weighted by Crippen LogP contribution is 2.31. The van der Waals surface area contributed by atoms with E-state index in [0.29, 0.717) is 0 Å². The molecule has 1 aliphatic carbocycles. The number of rotatable bonds is 4.